The molecule has 170 valence electrons. The molecule has 1 heterocycles. The minimum atomic E-state index is -0.0223. The Hall–Kier alpha value is -2.86. The van der Waals surface area contributed by atoms with Crippen LogP contribution in [-0.4, -0.2) is 50.1 Å². The number of carbonyl (C=O) groups excluding carboxylic acids is 2. The average molecular weight is 436 g/mol. The van der Waals surface area contributed by atoms with Crippen LogP contribution in [0.25, 0.3) is 0 Å². The fourth-order valence-corrected chi connectivity index (χ4v) is 4.17. The van der Waals surface area contributed by atoms with Gasteiger partial charge < -0.3 is 19.9 Å². The lowest BCUT2D eigenvalue weighted by Gasteiger charge is -2.26. The predicted molar refractivity (Wildman–Crippen MR) is 127 cm³/mol. The maximum atomic E-state index is 13.4. The van der Waals surface area contributed by atoms with Crippen molar-refractivity contribution in [3.8, 4) is 0 Å². The maximum Gasteiger partial charge on any atom is 0.254 e. The van der Waals surface area contributed by atoms with Crippen molar-refractivity contribution >= 4 is 23.2 Å². The molecule has 2 aromatic carbocycles. The van der Waals surface area contributed by atoms with Crippen molar-refractivity contribution in [2.24, 2.45) is 11.8 Å². The Morgan fingerprint density at radius 1 is 1.06 bits per heavy atom. The van der Waals surface area contributed by atoms with E-state index >= 15 is 0 Å². The van der Waals surface area contributed by atoms with E-state index in [1.54, 1.807) is 12.1 Å². The van der Waals surface area contributed by atoms with Gasteiger partial charge in [0.15, 0.2) is 0 Å². The third-order valence-electron chi connectivity index (χ3n) is 6.41. The lowest BCUT2D eigenvalue weighted by Crippen LogP contribution is -2.37. The van der Waals surface area contributed by atoms with Crippen LogP contribution in [0.4, 0.5) is 11.4 Å². The largest absolute Gasteiger partial charge is 0.378 e. The number of hydrogen-bond donors (Lipinski definition) is 1. The molecule has 1 saturated heterocycles. The SMILES string of the molecule is CC1CC1C(=O)Nc1ccc(C(=O)N(Cc2ccc(N(C)C)cc2)CC2CCCO2)cc1. The third-order valence-corrected chi connectivity index (χ3v) is 6.41. The van der Waals surface area contributed by atoms with Crippen molar-refractivity contribution in [2.75, 3.05) is 37.5 Å². The molecule has 6 nitrogen and oxygen atoms in total. The number of hydrogen-bond acceptors (Lipinski definition) is 4. The highest BCUT2D eigenvalue weighted by Gasteiger charge is 2.39. The van der Waals surface area contributed by atoms with Gasteiger partial charge in [-0.2, -0.15) is 0 Å². The zero-order chi connectivity index (χ0) is 22.7. The summed E-state index contributed by atoms with van der Waals surface area (Å²) in [6.45, 7) is 3.96. The van der Waals surface area contributed by atoms with Crippen LogP contribution in [-0.2, 0) is 16.1 Å². The van der Waals surface area contributed by atoms with Crippen molar-refractivity contribution in [2.45, 2.75) is 38.8 Å². The van der Waals surface area contributed by atoms with Gasteiger partial charge in [-0.05, 0) is 67.1 Å². The Bertz CT molecular complexity index is 934. The second-order valence-corrected chi connectivity index (χ2v) is 9.27. The summed E-state index contributed by atoms with van der Waals surface area (Å²) in [5.41, 5.74) is 3.56. The first kappa shape index (κ1) is 22.3. The molecule has 1 N–H and O–H groups in total. The zero-order valence-electron chi connectivity index (χ0n) is 19.2. The summed E-state index contributed by atoms with van der Waals surface area (Å²) in [6.07, 6.45) is 3.06. The van der Waals surface area contributed by atoms with E-state index in [9.17, 15) is 9.59 Å². The minimum absolute atomic E-state index is 0.0223. The molecule has 2 aliphatic rings. The molecular formula is C26H33N3O3. The van der Waals surface area contributed by atoms with Gasteiger partial charge in [-0.3, -0.25) is 9.59 Å². The number of nitrogens with one attached hydrogen (secondary N) is 1. The van der Waals surface area contributed by atoms with E-state index in [0.717, 1.165) is 42.8 Å². The van der Waals surface area contributed by atoms with Gasteiger partial charge in [-0.25, -0.2) is 0 Å². The number of anilines is 2. The van der Waals surface area contributed by atoms with Crippen LogP contribution in [0, 0.1) is 11.8 Å². The van der Waals surface area contributed by atoms with Crippen LogP contribution < -0.4 is 10.2 Å². The molecule has 0 radical (unpaired) electrons. The zero-order valence-corrected chi connectivity index (χ0v) is 19.2. The lowest BCUT2D eigenvalue weighted by atomic mass is 10.1. The molecule has 3 unspecified atom stereocenters. The highest BCUT2D eigenvalue weighted by atomic mass is 16.5. The summed E-state index contributed by atoms with van der Waals surface area (Å²) in [5, 5.41) is 2.95. The Kier molecular flexibility index (Phi) is 6.80. The highest BCUT2D eigenvalue weighted by molar-refractivity contribution is 5.97. The molecule has 0 bridgehead atoms. The van der Waals surface area contributed by atoms with Gasteiger partial charge in [-0.15, -0.1) is 0 Å². The third kappa shape index (κ3) is 5.49. The van der Waals surface area contributed by atoms with E-state index in [2.05, 4.69) is 41.4 Å². The first-order valence-corrected chi connectivity index (χ1v) is 11.5. The molecule has 1 aliphatic carbocycles. The minimum Gasteiger partial charge on any atom is -0.378 e. The van der Waals surface area contributed by atoms with Crippen LogP contribution >= 0.6 is 0 Å². The van der Waals surface area contributed by atoms with E-state index in [1.807, 2.05) is 31.1 Å². The van der Waals surface area contributed by atoms with E-state index in [0.29, 0.717) is 24.6 Å². The van der Waals surface area contributed by atoms with Gasteiger partial charge in [0.25, 0.3) is 5.91 Å². The topological polar surface area (TPSA) is 61.9 Å². The molecule has 0 spiro atoms. The van der Waals surface area contributed by atoms with Gasteiger partial charge >= 0.3 is 0 Å². The second-order valence-electron chi connectivity index (χ2n) is 9.27. The Balaban J connectivity index is 1.45. The van der Waals surface area contributed by atoms with E-state index in [4.69, 9.17) is 4.74 Å². The van der Waals surface area contributed by atoms with Crippen molar-refractivity contribution in [1.29, 1.82) is 0 Å². The average Bonchev–Trinajstić information content (AvgIpc) is 3.30. The smallest absolute Gasteiger partial charge is 0.254 e. The number of amides is 2. The summed E-state index contributed by atoms with van der Waals surface area (Å²) in [4.78, 5) is 29.5. The number of benzene rings is 2. The first-order valence-electron chi connectivity index (χ1n) is 11.5. The fourth-order valence-electron chi connectivity index (χ4n) is 4.17. The van der Waals surface area contributed by atoms with Crippen molar-refractivity contribution < 1.29 is 14.3 Å². The predicted octanol–water partition coefficient (Wildman–Crippen LogP) is 4.17. The van der Waals surface area contributed by atoms with E-state index < -0.39 is 0 Å². The molecule has 3 atom stereocenters. The van der Waals surface area contributed by atoms with Gasteiger partial charge in [0.2, 0.25) is 5.91 Å². The molecular weight excluding hydrogens is 402 g/mol. The van der Waals surface area contributed by atoms with Crippen LogP contribution in [0.5, 0.6) is 0 Å². The monoisotopic (exact) mass is 435 g/mol. The maximum absolute atomic E-state index is 13.4. The second kappa shape index (κ2) is 9.74. The molecule has 0 aromatic heterocycles. The molecule has 4 rings (SSSR count). The van der Waals surface area contributed by atoms with Gasteiger partial charge in [-0.1, -0.05) is 19.1 Å². The molecule has 1 aliphatic heterocycles. The summed E-state index contributed by atoms with van der Waals surface area (Å²) in [5.74, 6) is 0.634. The standard InChI is InChI=1S/C26H33N3O3/c1-18-15-24(18)25(30)27-21-10-8-20(9-11-21)26(31)29(17-23-5-4-14-32-23)16-19-6-12-22(13-7-19)28(2)3/h6-13,18,23-24H,4-5,14-17H2,1-3H3,(H,27,30). The Morgan fingerprint density at radius 2 is 1.75 bits per heavy atom. The summed E-state index contributed by atoms with van der Waals surface area (Å²) in [6, 6.07) is 15.5. The number of nitrogens with zero attached hydrogens (tertiary/aromatic N) is 2. The molecule has 32 heavy (non-hydrogen) atoms. The van der Waals surface area contributed by atoms with E-state index in [1.165, 1.54) is 0 Å². The van der Waals surface area contributed by atoms with Crippen molar-refractivity contribution in [3.63, 3.8) is 0 Å². The van der Waals surface area contributed by atoms with Crippen molar-refractivity contribution in [1.82, 2.24) is 4.90 Å². The summed E-state index contributed by atoms with van der Waals surface area (Å²) < 4.78 is 5.81. The van der Waals surface area contributed by atoms with Gasteiger partial charge in [0, 0.05) is 56.6 Å². The van der Waals surface area contributed by atoms with Crippen LogP contribution in [0.2, 0.25) is 0 Å². The number of rotatable bonds is 8. The molecule has 2 fully saturated rings. The van der Waals surface area contributed by atoms with Crippen LogP contribution in [0.15, 0.2) is 48.5 Å². The molecule has 1 saturated carbocycles. The molecule has 2 amide bonds. The van der Waals surface area contributed by atoms with Crippen molar-refractivity contribution in [3.05, 3.63) is 59.7 Å². The highest BCUT2D eigenvalue weighted by Crippen LogP contribution is 2.38. The first-order chi connectivity index (χ1) is 15.4. The molecule has 2 aromatic rings. The summed E-state index contributed by atoms with van der Waals surface area (Å²) in [7, 11) is 4.03. The van der Waals surface area contributed by atoms with Gasteiger partial charge in [0.1, 0.15) is 0 Å². The van der Waals surface area contributed by atoms with E-state index in [-0.39, 0.29) is 23.8 Å². The van der Waals surface area contributed by atoms with Crippen LogP contribution in [0.3, 0.4) is 0 Å². The Labute approximate surface area is 190 Å². The quantitative estimate of drug-likeness (QED) is 0.676. The number of carbonyl (C=O) groups is 2. The van der Waals surface area contributed by atoms with Crippen LogP contribution in [0.1, 0.15) is 42.1 Å². The lowest BCUT2D eigenvalue weighted by molar-refractivity contribution is -0.117. The normalized spacial score (nSPS) is 21.8. The fraction of sp³-hybridized carbons (Fsp3) is 0.462. The molecule has 6 heteroatoms. The number of ether oxygens (including phenoxy) is 1. The summed E-state index contributed by atoms with van der Waals surface area (Å²) >= 11 is 0. The van der Waals surface area contributed by atoms with Gasteiger partial charge in [0.05, 0.1) is 6.10 Å². The Morgan fingerprint density at radius 3 is 2.31 bits per heavy atom.